The molecule has 0 aliphatic carbocycles. The van der Waals surface area contributed by atoms with Gasteiger partial charge in [-0.2, -0.15) is 0 Å². The van der Waals surface area contributed by atoms with Gasteiger partial charge in [-0.3, -0.25) is 14.2 Å². The summed E-state index contributed by atoms with van der Waals surface area (Å²) in [5.74, 6) is -1.52. The molecule has 0 unspecified atom stereocenters. The van der Waals surface area contributed by atoms with Crippen molar-refractivity contribution in [2.75, 3.05) is 27.4 Å². The van der Waals surface area contributed by atoms with Gasteiger partial charge in [0.2, 0.25) is 0 Å². The number of methoxy groups -OCH3 is 2. The molecule has 0 fully saturated rings. The zero-order chi connectivity index (χ0) is 14.2. The number of hydrogen-bond acceptors (Lipinski definition) is 7. The van der Waals surface area contributed by atoms with Crippen LogP contribution in [0.1, 0.15) is 20.3 Å². The molecule has 0 aromatic carbocycles. The van der Waals surface area contributed by atoms with E-state index < -0.39 is 31.6 Å². The molecule has 7 nitrogen and oxygen atoms in total. The highest BCUT2D eigenvalue weighted by atomic mass is 31.2. The van der Waals surface area contributed by atoms with Gasteiger partial charge < -0.3 is 18.5 Å². The molecule has 0 rings (SSSR count). The SMILES string of the molecule is CCOP(=O)(OCC)[C@H](CC(=O)OC)C(=O)OC. The third-order valence-electron chi connectivity index (χ3n) is 2.06. The summed E-state index contributed by atoms with van der Waals surface area (Å²) in [7, 11) is -1.44. The van der Waals surface area contributed by atoms with E-state index in [9.17, 15) is 14.2 Å². The predicted octanol–water partition coefficient (Wildman–Crippen LogP) is 1.36. The Bertz CT molecular complexity index is 318. The molecule has 0 saturated carbocycles. The molecule has 0 spiro atoms. The van der Waals surface area contributed by atoms with E-state index in [2.05, 4.69) is 9.47 Å². The summed E-state index contributed by atoms with van der Waals surface area (Å²) in [5.41, 5.74) is -1.31. The minimum Gasteiger partial charge on any atom is -0.469 e. The number of ether oxygens (including phenoxy) is 2. The summed E-state index contributed by atoms with van der Waals surface area (Å²) in [5, 5.41) is 0. The largest absolute Gasteiger partial charge is 0.469 e. The summed E-state index contributed by atoms with van der Waals surface area (Å²) in [6.07, 6.45) is -0.416. The summed E-state index contributed by atoms with van der Waals surface area (Å²) in [6, 6.07) is 0. The number of rotatable bonds is 8. The van der Waals surface area contributed by atoms with Crippen LogP contribution in [0.4, 0.5) is 0 Å². The van der Waals surface area contributed by atoms with Crippen molar-refractivity contribution in [1.29, 1.82) is 0 Å². The standard InChI is InChI=1S/C10H19O7P/c1-5-16-18(13,17-6-2)8(10(12)15-4)7-9(11)14-3/h8H,5-7H2,1-4H3/t8-/m1/s1. The van der Waals surface area contributed by atoms with E-state index in [-0.39, 0.29) is 13.2 Å². The first-order valence-corrected chi connectivity index (χ1v) is 7.09. The normalized spacial score (nSPS) is 12.9. The van der Waals surface area contributed by atoms with E-state index >= 15 is 0 Å². The molecular weight excluding hydrogens is 263 g/mol. The molecule has 0 aliphatic heterocycles. The van der Waals surface area contributed by atoms with Crippen molar-refractivity contribution in [1.82, 2.24) is 0 Å². The van der Waals surface area contributed by atoms with Gasteiger partial charge >= 0.3 is 19.5 Å². The first-order chi connectivity index (χ1) is 8.45. The zero-order valence-electron chi connectivity index (χ0n) is 11.0. The number of esters is 2. The molecule has 0 aromatic heterocycles. The minimum absolute atomic E-state index is 0.0892. The molecule has 106 valence electrons. The summed E-state index contributed by atoms with van der Waals surface area (Å²) < 4.78 is 31.4. The Morgan fingerprint density at radius 3 is 1.89 bits per heavy atom. The van der Waals surface area contributed by atoms with Crippen LogP contribution in [0.15, 0.2) is 0 Å². The molecule has 18 heavy (non-hydrogen) atoms. The van der Waals surface area contributed by atoms with Gasteiger partial charge in [-0.25, -0.2) is 0 Å². The second-order valence-electron chi connectivity index (χ2n) is 3.19. The Labute approximate surface area is 106 Å². The van der Waals surface area contributed by atoms with Crippen molar-refractivity contribution in [3.05, 3.63) is 0 Å². The van der Waals surface area contributed by atoms with E-state index in [0.29, 0.717) is 0 Å². The molecule has 0 bridgehead atoms. The van der Waals surface area contributed by atoms with Gasteiger partial charge in [0.05, 0.1) is 33.9 Å². The van der Waals surface area contributed by atoms with E-state index in [1.54, 1.807) is 13.8 Å². The number of carbonyl (C=O) groups excluding carboxylic acids is 2. The minimum atomic E-state index is -3.74. The Kier molecular flexibility index (Phi) is 7.82. The van der Waals surface area contributed by atoms with Crippen molar-refractivity contribution in [3.8, 4) is 0 Å². The van der Waals surface area contributed by atoms with Crippen molar-refractivity contribution in [3.63, 3.8) is 0 Å². The monoisotopic (exact) mass is 282 g/mol. The summed E-state index contributed by atoms with van der Waals surface area (Å²) in [4.78, 5) is 22.8. The molecule has 0 heterocycles. The van der Waals surface area contributed by atoms with Gasteiger partial charge in [0, 0.05) is 0 Å². The van der Waals surface area contributed by atoms with E-state index in [1.165, 1.54) is 7.11 Å². The molecule has 0 radical (unpaired) electrons. The Morgan fingerprint density at radius 1 is 1.06 bits per heavy atom. The second-order valence-corrected chi connectivity index (χ2v) is 5.41. The Balaban J connectivity index is 5.16. The molecule has 0 N–H and O–H groups in total. The molecule has 1 atom stereocenters. The molecular formula is C10H19O7P. The van der Waals surface area contributed by atoms with Crippen molar-refractivity contribution in [2.45, 2.75) is 25.9 Å². The van der Waals surface area contributed by atoms with Crippen LogP contribution in [-0.2, 0) is 32.7 Å². The Hall–Kier alpha value is -0.910. The van der Waals surface area contributed by atoms with E-state index in [0.717, 1.165) is 7.11 Å². The lowest BCUT2D eigenvalue weighted by molar-refractivity contribution is -0.147. The highest BCUT2D eigenvalue weighted by molar-refractivity contribution is 7.55. The lowest BCUT2D eigenvalue weighted by Crippen LogP contribution is -2.28. The van der Waals surface area contributed by atoms with E-state index in [4.69, 9.17) is 9.05 Å². The van der Waals surface area contributed by atoms with Crippen LogP contribution in [0, 0.1) is 0 Å². The van der Waals surface area contributed by atoms with Gasteiger partial charge in [-0.05, 0) is 13.8 Å². The van der Waals surface area contributed by atoms with Crippen molar-refractivity contribution in [2.24, 2.45) is 0 Å². The third-order valence-corrected chi connectivity index (χ3v) is 4.45. The smallest absolute Gasteiger partial charge is 0.345 e. The van der Waals surface area contributed by atoms with Gasteiger partial charge in [0.15, 0.2) is 5.66 Å². The quantitative estimate of drug-likeness (QED) is 0.490. The Morgan fingerprint density at radius 2 is 1.56 bits per heavy atom. The highest BCUT2D eigenvalue weighted by Crippen LogP contribution is 2.54. The van der Waals surface area contributed by atoms with Crippen LogP contribution in [0.25, 0.3) is 0 Å². The van der Waals surface area contributed by atoms with Crippen LogP contribution < -0.4 is 0 Å². The maximum absolute atomic E-state index is 12.4. The first-order valence-electron chi connectivity index (χ1n) is 5.48. The summed E-state index contributed by atoms with van der Waals surface area (Å²) >= 11 is 0. The van der Waals surface area contributed by atoms with Crippen LogP contribution in [-0.4, -0.2) is 45.0 Å². The lowest BCUT2D eigenvalue weighted by atomic mass is 10.3. The van der Waals surface area contributed by atoms with Crippen LogP contribution in [0.3, 0.4) is 0 Å². The van der Waals surface area contributed by atoms with Crippen molar-refractivity contribution < 1.29 is 32.7 Å². The van der Waals surface area contributed by atoms with Gasteiger partial charge in [-0.1, -0.05) is 0 Å². The molecule has 0 amide bonds. The van der Waals surface area contributed by atoms with Gasteiger partial charge in [-0.15, -0.1) is 0 Å². The van der Waals surface area contributed by atoms with E-state index in [1.807, 2.05) is 0 Å². The maximum atomic E-state index is 12.4. The third kappa shape index (κ3) is 4.76. The van der Waals surface area contributed by atoms with Gasteiger partial charge in [0.25, 0.3) is 0 Å². The predicted molar refractivity (Wildman–Crippen MR) is 63.3 cm³/mol. The van der Waals surface area contributed by atoms with Crippen LogP contribution >= 0.6 is 7.60 Å². The lowest BCUT2D eigenvalue weighted by Gasteiger charge is -2.23. The average Bonchev–Trinajstić information content (AvgIpc) is 2.35. The number of hydrogen-bond donors (Lipinski definition) is 0. The molecule has 0 aromatic rings. The summed E-state index contributed by atoms with van der Waals surface area (Å²) in [6.45, 7) is 3.40. The number of carbonyl (C=O) groups is 2. The highest BCUT2D eigenvalue weighted by Gasteiger charge is 2.43. The fourth-order valence-corrected chi connectivity index (χ4v) is 3.17. The van der Waals surface area contributed by atoms with Crippen molar-refractivity contribution >= 4 is 19.5 Å². The van der Waals surface area contributed by atoms with Crippen LogP contribution in [0.2, 0.25) is 0 Å². The fourth-order valence-electron chi connectivity index (χ4n) is 1.28. The molecule has 0 saturated heterocycles. The topological polar surface area (TPSA) is 88.1 Å². The zero-order valence-corrected chi connectivity index (χ0v) is 11.9. The first kappa shape index (κ1) is 17.1. The second kappa shape index (κ2) is 8.24. The average molecular weight is 282 g/mol. The van der Waals surface area contributed by atoms with Crippen LogP contribution in [0.5, 0.6) is 0 Å². The maximum Gasteiger partial charge on any atom is 0.345 e. The van der Waals surface area contributed by atoms with Gasteiger partial charge in [0.1, 0.15) is 0 Å². The fraction of sp³-hybridized carbons (Fsp3) is 0.800. The molecule has 8 heteroatoms. The molecule has 0 aliphatic rings.